The number of nitrogens with two attached hydrogens (primary N) is 1. The van der Waals surface area contributed by atoms with E-state index in [1.165, 1.54) is 12.4 Å². The molecule has 6 heteroatoms. The van der Waals surface area contributed by atoms with E-state index in [0.717, 1.165) is 0 Å². The van der Waals surface area contributed by atoms with Crippen LogP contribution >= 0.6 is 0 Å². The van der Waals surface area contributed by atoms with Gasteiger partial charge in [-0.25, -0.2) is 0 Å². The van der Waals surface area contributed by atoms with Gasteiger partial charge < -0.3 is 15.4 Å². The zero-order valence-electron chi connectivity index (χ0n) is 10.7. The Labute approximate surface area is 106 Å². The molecule has 6 nitrogen and oxygen atoms in total. The van der Waals surface area contributed by atoms with Crippen LogP contribution in [0.1, 0.15) is 24.2 Å². The van der Waals surface area contributed by atoms with E-state index in [9.17, 15) is 4.79 Å². The Morgan fingerprint density at radius 1 is 1.61 bits per heavy atom. The van der Waals surface area contributed by atoms with E-state index in [4.69, 9.17) is 10.5 Å². The average Bonchev–Trinajstić information content (AvgIpc) is 2.37. The highest BCUT2D eigenvalue weighted by atomic mass is 16.5. The largest absolute Gasteiger partial charge is 0.367 e. The first-order valence-electron chi connectivity index (χ1n) is 5.96. The first-order chi connectivity index (χ1) is 8.52. The molecule has 1 aliphatic heterocycles. The van der Waals surface area contributed by atoms with Crippen LogP contribution in [0.25, 0.3) is 0 Å². The van der Waals surface area contributed by atoms with Crippen molar-refractivity contribution in [3.8, 4) is 0 Å². The number of hydrogen-bond donors (Lipinski definition) is 1. The molecule has 1 unspecified atom stereocenters. The lowest BCUT2D eigenvalue weighted by molar-refractivity contribution is -0.122. The second kappa shape index (κ2) is 4.99. The summed E-state index contributed by atoms with van der Waals surface area (Å²) >= 11 is 0. The lowest BCUT2D eigenvalue weighted by Crippen LogP contribution is -2.56. The van der Waals surface area contributed by atoms with E-state index >= 15 is 0 Å². The molecule has 98 valence electrons. The van der Waals surface area contributed by atoms with Gasteiger partial charge in [-0.1, -0.05) is 0 Å². The fourth-order valence-electron chi connectivity index (χ4n) is 2.17. The molecule has 2 heterocycles. The van der Waals surface area contributed by atoms with Crippen molar-refractivity contribution < 1.29 is 9.53 Å². The van der Waals surface area contributed by atoms with Crippen LogP contribution in [0.2, 0.25) is 0 Å². The molecule has 1 atom stereocenters. The molecule has 0 spiro atoms. The van der Waals surface area contributed by atoms with Gasteiger partial charge in [-0.3, -0.25) is 4.79 Å². The molecular weight excluding hydrogens is 232 g/mol. The smallest absolute Gasteiger partial charge is 0.255 e. The summed E-state index contributed by atoms with van der Waals surface area (Å²) in [5.41, 5.74) is 5.80. The Kier molecular flexibility index (Phi) is 3.58. The third kappa shape index (κ3) is 2.83. The van der Waals surface area contributed by atoms with Crippen molar-refractivity contribution >= 4 is 5.91 Å². The highest BCUT2D eigenvalue weighted by Crippen LogP contribution is 2.21. The molecule has 2 N–H and O–H groups in total. The van der Waals surface area contributed by atoms with E-state index in [-0.39, 0.29) is 17.6 Å². The SMILES string of the molecule is CC1(C)CN(C(=O)c2ccnnc2)CC(CN)O1. The van der Waals surface area contributed by atoms with E-state index in [2.05, 4.69) is 10.2 Å². The Morgan fingerprint density at radius 2 is 2.39 bits per heavy atom. The summed E-state index contributed by atoms with van der Waals surface area (Å²) < 4.78 is 5.79. The summed E-state index contributed by atoms with van der Waals surface area (Å²) in [5.74, 6) is -0.0558. The topological polar surface area (TPSA) is 81.3 Å². The maximum absolute atomic E-state index is 12.3. The summed E-state index contributed by atoms with van der Waals surface area (Å²) in [4.78, 5) is 14.1. The number of rotatable bonds is 2. The second-order valence-electron chi connectivity index (χ2n) is 5.05. The Balaban J connectivity index is 2.15. The van der Waals surface area contributed by atoms with E-state index in [0.29, 0.717) is 25.2 Å². The van der Waals surface area contributed by atoms with Crippen LogP contribution in [0.5, 0.6) is 0 Å². The minimum atomic E-state index is -0.377. The van der Waals surface area contributed by atoms with Crippen LogP contribution in [0.15, 0.2) is 18.5 Å². The zero-order chi connectivity index (χ0) is 13.2. The lowest BCUT2D eigenvalue weighted by atomic mass is 10.0. The normalized spacial score (nSPS) is 22.8. The Bertz CT molecular complexity index is 421. The average molecular weight is 250 g/mol. The lowest BCUT2D eigenvalue weighted by Gasteiger charge is -2.42. The number of amides is 1. The van der Waals surface area contributed by atoms with Gasteiger partial charge in [0.05, 0.1) is 29.7 Å². The van der Waals surface area contributed by atoms with Gasteiger partial charge in [0.15, 0.2) is 0 Å². The third-order valence-corrected chi connectivity index (χ3v) is 2.86. The van der Waals surface area contributed by atoms with Crippen LogP contribution in [0, 0.1) is 0 Å². The molecule has 0 aromatic carbocycles. The number of hydrogen-bond acceptors (Lipinski definition) is 5. The monoisotopic (exact) mass is 250 g/mol. The number of carbonyl (C=O) groups excluding carboxylic acids is 1. The number of morpholine rings is 1. The van der Waals surface area contributed by atoms with E-state index in [1.54, 1.807) is 11.0 Å². The predicted molar refractivity (Wildman–Crippen MR) is 65.9 cm³/mol. The van der Waals surface area contributed by atoms with E-state index in [1.807, 2.05) is 13.8 Å². The summed E-state index contributed by atoms with van der Waals surface area (Å²) in [6.07, 6.45) is 2.87. The molecule has 1 saturated heterocycles. The number of aromatic nitrogens is 2. The Hall–Kier alpha value is -1.53. The zero-order valence-corrected chi connectivity index (χ0v) is 10.7. The maximum Gasteiger partial charge on any atom is 0.255 e. The van der Waals surface area contributed by atoms with Crippen molar-refractivity contribution in [2.75, 3.05) is 19.6 Å². The third-order valence-electron chi connectivity index (χ3n) is 2.86. The molecule has 0 saturated carbocycles. The molecule has 1 aromatic rings. The number of nitrogens with zero attached hydrogens (tertiary/aromatic N) is 3. The summed E-state index contributed by atoms with van der Waals surface area (Å²) in [5, 5.41) is 7.39. The summed E-state index contributed by atoms with van der Waals surface area (Å²) in [7, 11) is 0. The van der Waals surface area contributed by atoms with Crippen molar-refractivity contribution in [3.63, 3.8) is 0 Å². The molecule has 0 aliphatic carbocycles. The fraction of sp³-hybridized carbons (Fsp3) is 0.583. The molecule has 1 aliphatic rings. The van der Waals surface area contributed by atoms with Crippen molar-refractivity contribution in [1.82, 2.24) is 15.1 Å². The van der Waals surface area contributed by atoms with Crippen molar-refractivity contribution in [2.45, 2.75) is 25.6 Å². The van der Waals surface area contributed by atoms with Crippen LogP contribution in [0.4, 0.5) is 0 Å². The van der Waals surface area contributed by atoms with Gasteiger partial charge in [0, 0.05) is 19.6 Å². The predicted octanol–water partition coefficient (Wildman–Crippen LogP) is 0.0549. The van der Waals surface area contributed by atoms with Crippen LogP contribution in [-0.2, 0) is 4.74 Å². The van der Waals surface area contributed by atoms with Crippen LogP contribution in [0.3, 0.4) is 0 Å². The van der Waals surface area contributed by atoms with E-state index < -0.39 is 0 Å². The van der Waals surface area contributed by atoms with Gasteiger partial charge in [-0.15, -0.1) is 0 Å². The first-order valence-corrected chi connectivity index (χ1v) is 5.96. The van der Waals surface area contributed by atoms with Crippen LogP contribution in [-0.4, -0.2) is 52.3 Å². The van der Waals surface area contributed by atoms with Gasteiger partial charge in [0.25, 0.3) is 5.91 Å². The minimum absolute atomic E-state index is 0.0558. The molecule has 0 bridgehead atoms. The van der Waals surface area contributed by atoms with Gasteiger partial charge in [0.2, 0.25) is 0 Å². The highest BCUT2D eigenvalue weighted by Gasteiger charge is 2.35. The van der Waals surface area contributed by atoms with Crippen LogP contribution < -0.4 is 5.73 Å². The Morgan fingerprint density at radius 3 is 3.00 bits per heavy atom. The van der Waals surface area contributed by atoms with Gasteiger partial charge in [-0.2, -0.15) is 10.2 Å². The maximum atomic E-state index is 12.3. The highest BCUT2D eigenvalue weighted by molar-refractivity contribution is 5.93. The quantitative estimate of drug-likeness (QED) is 0.802. The molecule has 1 fully saturated rings. The molecule has 18 heavy (non-hydrogen) atoms. The van der Waals surface area contributed by atoms with Crippen molar-refractivity contribution in [1.29, 1.82) is 0 Å². The second-order valence-corrected chi connectivity index (χ2v) is 5.05. The fourth-order valence-corrected chi connectivity index (χ4v) is 2.17. The summed E-state index contributed by atoms with van der Waals surface area (Å²) in [6, 6.07) is 1.66. The van der Waals surface area contributed by atoms with Gasteiger partial charge in [-0.05, 0) is 19.9 Å². The first kappa shape index (κ1) is 12.9. The molecular formula is C12H18N4O2. The molecule has 1 aromatic heterocycles. The number of ether oxygens (including phenoxy) is 1. The van der Waals surface area contributed by atoms with Gasteiger partial charge >= 0.3 is 0 Å². The van der Waals surface area contributed by atoms with Crippen molar-refractivity contribution in [3.05, 3.63) is 24.0 Å². The molecule has 0 radical (unpaired) electrons. The minimum Gasteiger partial charge on any atom is -0.367 e. The van der Waals surface area contributed by atoms with Gasteiger partial charge in [0.1, 0.15) is 0 Å². The number of carbonyl (C=O) groups is 1. The summed E-state index contributed by atoms with van der Waals surface area (Å²) in [6.45, 7) is 5.38. The standard InChI is InChI=1S/C12H18N4O2/c1-12(2)8-16(7-10(5-13)18-12)11(17)9-3-4-14-15-6-9/h3-4,6,10H,5,7-8,13H2,1-2H3. The molecule has 2 rings (SSSR count). The molecule has 1 amide bonds. The van der Waals surface area contributed by atoms with Crippen molar-refractivity contribution in [2.24, 2.45) is 5.73 Å².